The van der Waals surface area contributed by atoms with E-state index in [4.69, 9.17) is 65.6 Å². The molecule has 11 aliphatic heterocycles. The van der Waals surface area contributed by atoms with Gasteiger partial charge in [0.1, 0.15) is 126 Å². The molecule has 774 valence electrons. The highest BCUT2D eigenvalue weighted by molar-refractivity contribution is 7.73. The van der Waals surface area contributed by atoms with Crippen molar-refractivity contribution in [3.05, 3.63) is 159 Å². The molecule has 0 spiro atoms. The van der Waals surface area contributed by atoms with Crippen molar-refractivity contribution in [1.82, 2.24) is 40.0 Å². The molecule has 38 nitrogen and oxygen atoms in total. The number of nitrogens with zero attached hydrogens (tertiary/aromatic N) is 12. The smallest absolute Gasteiger partial charge is 0.222 e. The second kappa shape index (κ2) is 50.0. The molecule has 0 radical (unpaired) electrons. The summed E-state index contributed by atoms with van der Waals surface area (Å²) in [4.78, 5) is 57.2. The Morgan fingerprint density at radius 2 is 0.674 bits per heavy atom. The number of methoxy groups -OCH3 is 4. The van der Waals surface area contributed by atoms with Gasteiger partial charge in [-0.15, -0.1) is 79.1 Å². The van der Waals surface area contributed by atoms with Gasteiger partial charge in [-0.25, -0.2) is 30.0 Å². The lowest BCUT2D eigenvalue weighted by molar-refractivity contribution is -0.118. The number of hydrogen-bond acceptors (Lipinski definition) is 36. The standard InChI is InChI=1S/C17H28N3O4P.C16H28N3O4P.C16H26N3O4P.C15H26N3O4P.C15H26N3O2P.C15H24N3O2P/c1-11-18-14(19-12(2)21)7-9-20(11)17-16(23-3)15(22)13(24-17)8-10-25(4,5)6;1-10-18-15(17)12(21-2)9-19(10)16-14(22-3)13(20)11(23-16)7-8-24(4,5)6;1-10-17-13(18-11(2)20)6-8-19(10)16-15(22)14(21)12(23-16)7-9-24(3,4)5;1-9-17-14(16)11(21-2)8-18(9)15-13(20)12(19)10(22-15)6-7-23(3,4)5;1-10-14(19)12(7-9-21(3,4)5)20-15(10)18-8-6-13(16)17-11(18)2;1-10-17-13(16)5-7-18(10)12-9-11(14(19)15(12)20)6-8-21(2,3)4/h7,9,13,15-17,22H,1,4,8,10H2,2-3,5-6H3,(H,18,19,21);9,11,13-14,16,20H,1,4,7-8H2,2-3,5-6H3,(H2,17,18);6,8,12,14-16,21-22H,1,3,7,9H2,2,4-5H3,(H,17,18,20);8,10,12-13,15,19-20H,1,3,6-7H2,2,4-5H3,(H2,16,17);6,8,10,12,14-15,19H,2-3,7,9H2,1,4-5H3,(H2,16,17);5,7,9,12,14-15,19-20H,1-2,6,8H2,3-4H3,(H2,16,17)/t13?,15-,16-,17?;11?,13-,14-,16?;12?,14-,15-,16?;10?,12-,13-,15?;10-,12?,14+,15?;12?,14-,15+/m111111/s1. The van der Waals surface area contributed by atoms with Gasteiger partial charge in [-0.2, -0.15) is 0 Å². The molecule has 1 aliphatic carbocycles. The van der Waals surface area contributed by atoms with E-state index in [9.17, 15) is 55.5 Å². The molecule has 11 heterocycles. The molecule has 0 bridgehead atoms. The maximum absolute atomic E-state index is 11.1. The second-order valence-corrected chi connectivity index (χ2v) is 65.8. The van der Waals surface area contributed by atoms with Crippen LogP contribution in [0.25, 0.3) is 0 Å². The average Bonchev–Trinajstić information content (AvgIpc) is 1.65. The Morgan fingerprint density at radius 3 is 1.01 bits per heavy atom. The number of amidine groups is 6. The third-order valence-corrected chi connectivity index (χ3v) is 32.5. The number of aliphatic hydroxyl groups is 9. The molecule has 12 aliphatic rings. The van der Waals surface area contributed by atoms with Gasteiger partial charge in [0.15, 0.2) is 48.1 Å². The van der Waals surface area contributed by atoms with Gasteiger partial charge in [-0.3, -0.25) is 9.59 Å². The minimum absolute atomic E-state index is 0.0165. The van der Waals surface area contributed by atoms with Crippen molar-refractivity contribution in [3.63, 3.8) is 0 Å². The van der Waals surface area contributed by atoms with Crippen molar-refractivity contribution in [2.75, 3.05) is 145 Å². The van der Waals surface area contributed by atoms with Crippen LogP contribution in [0.15, 0.2) is 189 Å². The predicted molar refractivity (Wildman–Crippen MR) is 574 cm³/mol. The van der Waals surface area contributed by atoms with Gasteiger partial charge in [0.2, 0.25) is 11.8 Å². The van der Waals surface area contributed by atoms with Crippen LogP contribution in [0, 0.1) is 5.92 Å². The Labute approximate surface area is 817 Å². The third kappa shape index (κ3) is 33.7. The number of rotatable bonds is 28. The Kier molecular flexibility index (Phi) is 42.5. The Morgan fingerprint density at radius 1 is 0.384 bits per heavy atom. The van der Waals surface area contributed by atoms with Gasteiger partial charge in [-0.1, -0.05) is 52.5 Å². The van der Waals surface area contributed by atoms with Crippen LogP contribution in [0.3, 0.4) is 0 Å². The van der Waals surface area contributed by atoms with Crippen molar-refractivity contribution in [3.8, 4) is 0 Å². The highest BCUT2D eigenvalue weighted by Crippen LogP contribution is 2.47. The van der Waals surface area contributed by atoms with Crippen LogP contribution in [0.4, 0.5) is 0 Å². The number of ether oxygens (including phenoxy) is 9. The monoisotopic (exact) mass is 2050 g/mol. The molecule has 5 saturated heterocycles. The Bertz CT molecular complexity index is 5150. The molecule has 138 heavy (non-hydrogen) atoms. The van der Waals surface area contributed by atoms with Crippen molar-refractivity contribution >= 4 is 126 Å². The van der Waals surface area contributed by atoms with Gasteiger partial charge < -0.3 is 152 Å². The van der Waals surface area contributed by atoms with Gasteiger partial charge in [0, 0.05) is 58.8 Å². The van der Waals surface area contributed by atoms with Crippen LogP contribution in [-0.2, 0) is 52.2 Å². The van der Waals surface area contributed by atoms with Crippen LogP contribution < -0.4 is 33.6 Å². The number of amides is 2. The van der Waals surface area contributed by atoms with Crippen LogP contribution in [0.1, 0.15) is 59.3 Å². The van der Waals surface area contributed by atoms with Crippen LogP contribution in [-0.4, -0.2) is 440 Å². The molecule has 2 amide bonds. The first-order valence-electron chi connectivity index (χ1n) is 45.3. The molecular weight excluding hydrogens is 1890 g/mol. The number of nitrogens with two attached hydrogens (primary N) is 4. The fourth-order valence-electron chi connectivity index (χ4n) is 16.0. The summed E-state index contributed by atoms with van der Waals surface area (Å²) in [5.41, 5.74) is 23.7. The van der Waals surface area contributed by atoms with Crippen molar-refractivity contribution in [2.24, 2.45) is 58.8 Å². The van der Waals surface area contributed by atoms with E-state index in [2.05, 4.69) is 198 Å². The van der Waals surface area contributed by atoms with Gasteiger partial charge in [0.05, 0.1) is 69.3 Å². The molecule has 12 rings (SSSR count). The van der Waals surface area contributed by atoms with Gasteiger partial charge in [0.25, 0.3) is 0 Å². The summed E-state index contributed by atoms with van der Waals surface area (Å²) in [6.45, 7) is 46.7. The molecule has 23 atom stereocenters. The molecule has 0 saturated carbocycles. The van der Waals surface area contributed by atoms with Gasteiger partial charge >= 0.3 is 0 Å². The van der Waals surface area contributed by atoms with Crippen molar-refractivity contribution in [1.29, 1.82) is 0 Å². The van der Waals surface area contributed by atoms with Crippen LogP contribution in [0.5, 0.6) is 0 Å². The van der Waals surface area contributed by atoms with E-state index in [1.807, 2.05) is 24.1 Å². The Balaban J connectivity index is 0.000000226. The van der Waals surface area contributed by atoms with Crippen LogP contribution in [0.2, 0.25) is 0 Å². The number of nitrogens with one attached hydrogen (secondary N) is 2. The molecule has 0 aromatic carbocycles. The van der Waals surface area contributed by atoms with E-state index in [0.29, 0.717) is 82.6 Å². The summed E-state index contributed by atoms with van der Waals surface area (Å²) in [6.07, 6.45) is 40.3. The maximum atomic E-state index is 11.1. The lowest BCUT2D eigenvalue weighted by atomic mass is 10.00. The fraction of sp³-hybridized carbons (Fsp3) is 0.574. The van der Waals surface area contributed by atoms with E-state index in [0.717, 1.165) is 68.2 Å². The topological polar surface area (TPSA) is 521 Å². The first-order chi connectivity index (χ1) is 63.9. The predicted octanol–water partition coefficient (Wildman–Crippen LogP) is 4.61. The summed E-state index contributed by atoms with van der Waals surface area (Å²) in [5.74, 6) is 4.89. The summed E-state index contributed by atoms with van der Waals surface area (Å²) in [6, 6.07) is -0.359. The molecule has 5 fully saturated rings. The normalized spacial score (nSPS) is 31.0. The van der Waals surface area contributed by atoms with E-state index >= 15 is 0 Å². The zero-order chi connectivity index (χ0) is 104. The van der Waals surface area contributed by atoms with Crippen molar-refractivity contribution < 1.29 is 98.2 Å². The van der Waals surface area contributed by atoms with Gasteiger partial charge in [-0.05, 0) is 185 Å². The first kappa shape index (κ1) is 117. The number of aliphatic hydroxyl groups excluding tert-OH is 9. The summed E-state index contributed by atoms with van der Waals surface area (Å²) in [5, 5.41) is 98.5. The number of aliphatic imine (C=N–C) groups is 6. The molecule has 44 heteroatoms. The molecule has 19 N–H and O–H groups in total. The minimum atomic E-state index is -1.23. The summed E-state index contributed by atoms with van der Waals surface area (Å²) in [7, 11) is 6.09. The largest absolute Gasteiger partial charge is 0.491 e. The van der Waals surface area contributed by atoms with E-state index in [-0.39, 0.29) is 60.0 Å². The third-order valence-electron chi connectivity index (χ3n) is 23.7. The molecule has 0 aromatic heterocycles. The SMILES string of the molecule is C=C1N=C(N)C(OC)=CN1C1OC(CCP(=C)(C)C)[C@@H](O)[C@H]1O.C=C1N=C(N)C(OC)=CN1C1OC(CCP(=C)(C)C)[C@@H](O)[C@H]1OC.C=C1N=C(N)C=CN1C1C=C(CCP(=C)(C)C)[C@@H](O)[C@H]1O.C=C1N=C(N)C=CN1C1OC(CCP(=C)(C)C)[C@@H](O)[C@H]1C.C=C1N=C(NC(C)=O)C=CN1C1OC(CCP(=C)(C)C)[C@@H](O)[C@H]1O.C=C1N=C(NC(C)=O)C=CN1C1OC(CCP(=C)(C)C)[C@@H](O)[C@H]1OC. The quantitative estimate of drug-likeness (QED) is 0.0375. The van der Waals surface area contributed by atoms with Crippen LogP contribution >= 0.6 is 41.3 Å². The summed E-state index contributed by atoms with van der Waals surface area (Å²) < 4.78 is 51.3. The summed E-state index contributed by atoms with van der Waals surface area (Å²) >= 11 is 0. The average molecular weight is 2050 g/mol. The lowest BCUT2D eigenvalue weighted by Crippen LogP contribution is -2.43. The highest BCUT2D eigenvalue weighted by Gasteiger charge is 2.52. The first-order valence-corrected chi connectivity index (χ1v) is 63.6. The van der Waals surface area contributed by atoms with E-state index < -0.39 is 146 Å². The minimum Gasteiger partial charge on any atom is -0.491 e. The lowest BCUT2D eigenvalue weighted by Gasteiger charge is -2.32. The van der Waals surface area contributed by atoms with Crippen molar-refractivity contribution in [2.45, 2.75) is 194 Å². The number of carbonyl (C=O) groups is 2. The molecular formula is C94H158N18O20P6. The molecule has 0 aromatic rings. The zero-order valence-electron chi connectivity index (χ0n) is 84.0. The van der Waals surface area contributed by atoms with E-state index in [1.165, 1.54) is 33.0 Å². The number of hydrogen-bond donors (Lipinski definition) is 15. The van der Waals surface area contributed by atoms with E-state index in [1.54, 1.807) is 89.1 Å². The molecule has 11 unspecified atom stereocenters. The maximum Gasteiger partial charge on any atom is 0.222 e. The number of carbonyl (C=O) groups excluding carboxylic acids is 2. The highest BCUT2D eigenvalue weighted by atomic mass is 31.2. The second-order valence-electron chi connectivity index (χ2n) is 39.9. The Hall–Kier alpha value is -7.66. The fourth-order valence-corrected chi connectivity index (χ4v) is 21.6. The zero-order valence-corrected chi connectivity index (χ0v) is 89.3.